The van der Waals surface area contributed by atoms with E-state index in [0.29, 0.717) is 24.7 Å². The molecule has 4 nitrogen and oxygen atoms in total. The maximum atomic E-state index is 12.3. The van der Waals surface area contributed by atoms with Gasteiger partial charge < -0.3 is 15.4 Å². The van der Waals surface area contributed by atoms with E-state index in [1.165, 1.54) is 0 Å². The Balaban J connectivity index is 0.00000242. The topological polar surface area (TPSA) is 50.4 Å². The van der Waals surface area contributed by atoms with Crippen LogP contribution in [0.1, 0.15) is 26.3 Å². The van der Waals surface area contributed by atoms with E-state index in [9.17, 15) is 4.79 Å². The van der Waals surface area contributed by atoms with Gasteiger partial charge >= 0.3 is 0 Å². The Morgan fingerprint density at radius 1 is 1.50 bits per heavy atom. The summed E-state index contributed by atoms with van der Waals surface area (Å²) in [5.74, 6) is -0.0164. The predicted octanol–water partition coefficient (Wildman–Crippen LogP) is 2.53. The summed E-state index contributed by atoms with van der Waals surface area (Å²) in [6.07, 6.45) is -0.104. The van der Waals surface area contributed by atoms with Gasteiger partial charge in [0.25, 0.3) is 0 Å². The molecule has 1 fully saturated rings. The Morgan fingerprint density at radius 3 is 2.86 bits per heavy atom. The minimum atomic E-state index is -0.283. The van der Waals surface area contributed by atoms with Gasteiger partial charge in [-0.1, -0.05) is 37.6 Å². The molecule has 1 aliphatic heterocycles. The van der Waals surface area contributed by atoms with Gasteiger partial charge in [0.1, 0.15) is 6.04 Å². The van der Waals surface area contributed by atoms with Crippen LogP contribution in [-0.4, -0.2) is 37.7 Å². The van der Waals surface area contributed by atoms with Crippen LogP contribution in [0.4, 0.5) is 0 Å². The number of nitrogens with one attached hydrogen (secondary N) is 2. The lowest BCUT2D eigenvalue weighted by Crippen LogP contribution is -2.56. The van der Waals surface area contributed by atoms with Crippen molar-refractivity contribution in [1.29, 1.82) is 0 Å². The summed E-state index contributed by atoms with van der Waals surface area (Å²) in [5.41, 5.74) is 0.926. The first-order valence-corrected chi connectivity index (χ1v) is 7.67. The zero-order valence-corrected chi connectivity index (χ0v) is 14.8. The first-order chi connectivity index (χ1) is 9.90. The van der Waals surface area contributed by atoms with Crippen LogP contribution in [0.5, 0.6) is 0 Å². The lowest BCUT2D eigenvalue weighted by molar-refractivity contribution is -0.129. The van der Waals surface area contributed by atoms with Gasteiger partial charge in [-0.3, -0.25) is 4.79 Å². The number of benzene rings is 1. The van der Waals surface area contributed by atoms with Crippen LogP contribution in [0.2, 0.25) is 5.02 Å². The third-order valence-electron chi connectivity index (χ3n) is 3.91. The molecule has 1 aromatic carbocycles. The first-order valence-electron chi connectivity index (χ1n) is 7.29. The van der Waals surface area contributed by atoms with Gasteiger partial charge in [-0.15, -0.1) is 12.4 Å². The molecule has 1 amide bonds. The number of amides is 1. The van der Waals surface area contributed by atoms with Crippen molar-refractivity contribution in [2.24, 2.45) is 0 Å². The van der Waals surface area contributed by atoms with Crippen molar-refractivity contribution >= 4 is 29.9 Å². The fourth-order valence-electron chi connectivity index (χ4n) is 2.46. The van der Waals surface area contributed by atoms with E-state index in [1.54, 1.807) is 0 Å². The maximum absolute atomic E-state index is 12.3. The normalized spacial score (nSPS) is 21.8. The largest absolute Gasteiger partial charge is 0.375 e. The summed E-state index contributed by atoms with van der Waals surface area (Å²) < 4.78 is 5.50. The monoisotopic (exact) mass is 346 g/mol. The second kappa shape index (κ2) is 8.16. The van der Waals surface area contributed by atoms with E-state index in [4.69, 9.17) is 16.3 Å². The molecule has 2 rings (SSSR count). The molecule has 22 heavy (non-hydrogen) atoms. The molecule has 1 aliphatic rings. The Hall–Kier alpha value is -0.810. The fourth-order valence-corrected chi connectivity index (χ4v) is 2.65. The van der Waals surface area contributed by atoms with Crippen molar-refractivity contribution in [1.82, 2.24) is 10.6 Å². The number of morpholine rings is 1. The van der Waals surface area contributed by atoms with Gasteiger partial charge in [-0.05, 0) is 24.6 Å². The van der Waals surface area contributed by atoms with Gasteiger partial charge in [0.05, 0.1) is 12.7 Å². The number of carbonyl (C=O) groups is 1. The number of carbonyl (C=O) groups excluding carboxylic acids is 1. The van der Waals surface area contributed by atoms with Crippen LogP contribution >= 0.6 is 24.0 Å². The lowest BCUT2D eigenvalue weighted by atomic mass is 9.84. The molecular weight excluding hydrogens is 323 g/mol. The van der Waals surface area contributed by atoms with E-state index >= 15 is 0 Å². The second-order valence-electron chi connectivity index (χ2n) is 6.12. The van der Waals surface area contributed by atoms with Crippen molar-refractivity contribution in [2.75, 3.05) is 19.7 Å². The number of ether oxygens (including phenoxy) is 1. The van der Waals surface area contributed by atoms with Crippen LogP contribution in [0.15, 0.2) is 24.3 Å². The molecule has 1 aromatic rings. The molecular formula is C16H24Cl2N2O2. The van der Waals surface area contributed by atoms with Crippen LogP contribution in [0, 0.1) is 0 Å². The average molecular weight is 347 g/mol. The third-order valence-corrected chi connectivity index (χ3v) is 4.14. The SMILES string of the molecule is C[C@H]1OCCN[C@@H]1C(=O)NCC(C)(C)c1cccc(Cl)c1.Cl. The fraction of sp³-hybridized carbons (Fsp3) is 0.562. The summed E-state index contributed by atoms with van der Waals surface area (Å²) in [6, 6.07) is 7.47. The molecule has 2 N–H and O–H groups in total. The van der Waals surface area contributed by atoms with Crippen LogP contribution in [-0.2, 0) is 14.9 Å². The zero-order chi connectivity index (χ0) is 15.5. The van der Waals surface area contributed by atoms with Crippen molar-refractivity contribution < 1.29 is 9.53 Å². The molecule has 2 atom stereocenters. The molecule has 0 spiro atoms. The Morgan fingerprint density at radius 2 is 2.23 bits per heavy atom. The van der Waals surface area contributed by atoms with Crippen LogP contribution in [0.3, 0.4) is 0 Å². The number of rotatable bonds is 4. The molecule has 1 heterocycles. The molecule has 0 aliphatic carbocycles. The smallest absolute Gasteiger partial charge is 0.239 e. The van der Waals surface area contributed by atoms with E-state index in [1.807, 2.05) is 31.2 Å². The summed E-state index contributed by atoms with van der Waals surface area (Å²) >= 11 is 6.04. The standard InChI is InChI=1S/C16H23ClN2O2.ClH/c1-11-14(18-7-8-21-11)15(20)19-10-16(2,3)12-5-4-6-13(17)9-12;/h4-6,9,11,14,18H,7-8,10H2,1-3H3,(H,19,20);1H/t11-,14+;/m1./s1. The number of hydrogen-bond donors (Lipinski definition) is 2. The first kappa shape index (κ1) is 19.2. The van der Waals surface area contributed by atoms with Crippen LogP contribution < -0.4 is 10.6 Å². The molecule has 0 saturated carbocycles. The molecule has 0 aromatic heterocycles. The molecule has 124 valence electrons. The van der Waals surface area contributed by atoms with Crippen LogP contribution in [0.25, 0.3) is 0 Å². The van der Waals surface area contributed by atoms with Crippen molar-refractivity contribution in [2.45, 2.75) is 38.3 Å². The van der Waals surface area contributed by atoms with Crippen molar-refractivity contribution in [3.8, 4) is 0 Å². The Labute approximate surface area is 143 Å². The van der Waals surface area contributed by atoms with E-state index < -0.39 is 0 Å². The highest BCUT2D eigenvalue weighted by Crippen LogP contribution is 2.24. The highest BCUT2D eigenvalue weighted by atomic mass is 35.5. The maximum Gasteiger partial charge on any atom is 0.239 e. The minimum Gasteiger partial charge on any atom is -0.375 e. The summed E-state index contributed by atoms with van der Waals surface area (Å²) in [7, 11) is 0. The molecule has 6 heteroatoms. The van der Waals surface area contributed by atoms with Gasteiger partial charge in [0, 0.05) is 23.5 Å². The quantitative estimate of drug-likeness (QED) is 0.880. The van der Waals surface area contributed by atoms with E-state index in [-0.39, 0.29) is 35.9 Å². The highest BCUT2D eigenvalue weighted by Gasteiger charge is 2.30. The Kier molecular flexibility index (Phi) is 7.13. The minimum absolute atomic E-state index is 0. The van der Waals surface area contributed by atoms with E-state index in [2.05, 4.69) is 24.5 Å². The average Bonchev–Trinajstić information content (AvgIpc) is 2.45. The summed E-state index contributed by atoms with van der Waals surface area (Å²) in [6.45, 7) is 8.01. The molecule has 1 saturated heterocycles. The molecule has 0 radical (unpaired) electrons. The van der Waals surface area contributed by atoms with Gasteiger partial charge in [-0.25, -0.2) is 0 Å². The van der Waals surface area contributed by atoms with Crippen molar-refractivity contribution in [3.05, 3.63) is 34.9 Å². The summed E-state index contributed by atoms with van der Waals surface area (Å²) in [4.78, 5) is 12.3. The third kappa shape index (κ3) is 4.85. The predicted molar refractivity (Wildman–Crippen MR) is 91.9 cm³/mol. The molecule has 0 unspecified atom stereocenters. The van der Waals surface area contributed by atoms with Gasteiger partial charge in [0.15, 0.2) is 0 Å². The summed E-state index contributed by atoms with van der Waals surface area (Å²) in [5, 5.41) is 6.92. The van der Waals surface area contributed by atoms with Gasteiger partial charge in [-0.2, -0.15) is 0 Å². The van der Waals surface area contributed by atoms with Gasteiger partial charge in [0.2, 0.25) is 5.91 Å². The number of hydrogen-bond acceptors (Lipinski definition) is 3. The highest BCUT2D eigenvalue weighted by molar-refractivity contribution is 6.30. The van der Waals surface area contributed by atoms with Crippen molar-refractivity contribution in [3.63, 3.8) is 0 Å². The number of halogens is 2. The lowest BCUT2D eigenvalue weighted by Gasteiger charge is -2.31. The molecule has 0 bridgehead atoms. The van der Waals surface area contributed by atoms with E-state index in [0.717, 1.165) is 5.56 Å². The zero-order valence-electron chi connectivity index (χ0n) is 13.2. The second-order valence-corrected chi connectivity index (χ2v) is 6.56. The Bertz CT molecular complexity index is 509.